The number of esters is 2. The van der Waals surface area contributed by atoms with Gasteiger partial charge in [-0.15, -0.1) is 0 Å². The minimum atomic E-state index is -0.999. The van der Waals surface area contributed by atoms with Gasteiger partial charge in [0.15, 0.2) is 0 Å². The first-order valence-corrected chi connectivity index (χ1v) is 6.53. The van der Waals surface area contributed by atoms with Crippen LogP contribution in [-0.4, -0.2) is 24.1 Å². The largest absolute Gasteiger partial charge is 0.463 e. The Kier molecular flexibility index (Phi) is 5.45. The van der Waals surface area contributed by atoms with Crippen molar-refractivity contribution in [1.29, 1.82) is 0 Å². The van der Waals surface area contributed by atoms with E-state index in [1.165, 1.54) is 0 Å². The fraction of sp³-hybridized carbons (Fsp3) is 0.846. The van der Waals surface area contributed by atoms with Gasteiger partial charge in [-0.05, 0) is 32.1 Å². The van der Waals surface area contributed by atoms with Crippen LogP contribution >= 0.6 is 0 Å². The molecule has 0 aliphatic heterocycles. The van der Waals surface area contributed by atoms with E-state index in [-0.39, 0.29) is 11.9 Å². The van der Waals surface area contributed by atoms with E-state index in [0.717, 1.165) is 25.7 Å². The van der Waals surface area contributed by atoms with Crippen LogP contribution in [0.5, 0.6) is 0 Å². The van der Waals surface area contributed by atoms with Gasteiger partial charge in [0.05, 0.1) is 6.61 Å². The van der Waals surface area contributed by atoms with E-state index in [4.69, 9.17) is 9.47 Å². The van der Waals surface area contributed by atoms with Gasteiger partial charge in [0.25, 0.3) is 0 Å². The van der Waals surface area contributed by atoms with Gasteiger partial charge in [0.1, 0.15) is 0 Å². The van der Waals surface area contributed by atoms with Gasteiger partial charge in [-0.1, -0.05) is 20.3 Å². The summed E-state index contributed by atoms with van der Waals surface area (Å²) in [5.41, 5.74) is -0.999. The van der Waals surface area contributed by atoms with E-state index < -0.39 is 5.60 Å². The second kappa shape index (κ2) is 6.62. The van der Waals surface area contributed by atoms with Gasteiger partial charge in [-0.2, -0.15) is 0 Å². The first-order chi connectivity index (χ1) is 8.14. The lowest BCUT2D eigenvalue weighted by Crippen LogP contribution is -2.46. The Bertz CT molecular complexity index is 267. The summed E-state index contributed by atoms with van der Waals surface area (Å²) < 4.78 is 10.5. The van der Waals surface area contributed by atoms with Crippen LogP contribution < -0.4 is 0 Å². The smallest absolute Gasteiger partial charge is 0.350 e. The molecule has 0 atom stereocenters. The van der Waals surface area contributed by atoms with Gasteiger partial charge in [-0.3, -0.25) is 4.79 Å². The van der Waals surface area contributed by atoms with Crippen LogP contribution in [0.1, 0.15) is 58.8 Å². The molecule has 0 N–H and O–H groups in total. The number of rotatable bonds is 5. The van der Waals surface area contributed by atoms with Crippen molar-refractivity contribution in [2.45, 2.75) is 64.4 Å². The van der Waals surface area contributed by atoms with Gasteiger partial charge in [-0.25, -0.2) is 4.79 Å². The Morgan fingerprint density at radius 2 is 1.76 bits per heavy atom. The standard InChI is InChI=1S/C13H22O4/c1-3-10-16-12(15)13(17-11(14)4-2)8-6-5-7-9-13/h3-10H2,1-2H3. The van der Waals surface area contributed by atoms with E-state index >= 15 is 0 Å². The zero-order valence-electron chi connectivity index (χ0n) is 10.8. The third-order valence-corrected chi connectivity index (χ3v) is 3.07. The number of carbonyl (C=O) groups excluding carboxylic acids is 2. The third-order valence-electron chi connectivity index (χ3n) is 3.07. The maximum atomic E-state index is 12.0. The Labute approximate surface area is 103 Å². The minimum absolute atomic E-state index is 0.294. The molecule has 4 heteroatoms. The second-order valence-corrected chi connectivity index (χ2v) is 4.52. The van der Waals surface area contributed by atoms with E-state index in [9.17, 15) is 9.59 Å². The first-order valence-electron chi connectivity index (χ1n) is 6.53. The van der Waals surface area contributed by atoms with Crippen LogP contribution in [0.25, 0.3) is 0 Å². The highest BCUT2D eigenvalue weighted by atomic mass is 16.6. The monoisotopic (exact) mass is 242 g/mol. The molecule has 0 unspecified atom stereocenters. The minimum Gasteiger partial charge on any atom is -0.463 e. The molecular weight excluding hydrogens is 220 g/mol. The maximum absolute atomic E-state index is 12.0. The fourth-order valence-electron chi connectivity index (χ4n) is 2.09. The van der Waals surface area contributed by atoms with Gasteiger partial charge >= 0.3 is 11.9 Å². The van der Waals surface area contributed by atoms with E-state index in [0.29, 0.717) is 25.9 Å². The quantitative estimate of drug-likeness (QED) is 0.695. The SMILES string of the molecule is CCCOC(=O)C1(OC(=O)CC)CCCCC1. The summed E-state index contributed by atoms with van der Waals surface area (Å²) in [5.74, 6) is -0.679. The summed E-state index contributed by atoms with van der Waals surface area (Å²) in [6, 6.07) is 0. The summed E-state index contributed by atoms with van der Waals surface area (Å²) in [7, 11) is 0. The molecule has 0 heterocycles. The van der Waals surface area contributed by atoms with E-state index in [1.807, 2.05) is 6.92 Å². The topological polar surface area (TPSA) is 52.6 Å². The summed E-state index contributed by atoms with van der Waals surface area (Å²) >= 11 is 0. The second-order valence-electron chi connectivity index (χ2n) is 4.52. The molecule has 0 bridgehead atoms. The summed E-state index contributed by atoms with van der Waals surface area (Å²) in [4.78, 5) is 23.5. The Balaban J connectivity index is 2.70. The van der Waals surface area contributed by atoms with Crippen molar-refractivity contribution in [1.82, 2.24) is 0 Å². The van der Waals surface area contributed by atoms with Crippen LogP contribution in [0, 0.1) is 0 Å². The molecule has 98 valence electrons. The lowest BCUT2D eigenvalue weighted by atomic mass is 9.84. The Morgan fingerprint density at radius 3 is 2.29 bits per heavy atom. The number of carbonyl (C=O) groups is 2. The predicted octanol–water partition coefficient (Wildman–Crippen LogP) is 2.60. The van der Waals surface area contributed by atoms with E-state index in [2.05, 4.69) is 0 Å². The number of hydrogen-bond donors (Lipinski definition) is 0. The van der Waals surface area contributed by atoms with Gasteiger partial charge in [0, 0.05) is 6.42 Å². The van der Waals surface area contributed by atoms with Crippen molar-refractivity contribution in [3.05, 3.63) is 0 Å². The van der Waals surface area contributed by atoms with Crippen molar-refractivity contribution in [3.63, 3.8) is 0 Å². The molecule has 0 spiro atoms. The fourth-order valence-corrected chi connectivity index (χ4v) is 2.09. The predicted molar refractivity (Wildman–Crippen MR) is 63.4 cm³/mol. The summed E-state index contributed by atoms with van der Waals surface area (Å²) in [6.07, 6.45) is 5.19. The summed E-state index contributed by atoms with van der Waals surface area (Å²) in [6.45, 7) is 4.07. The average Bonchev–Trinajstić information content (AvgIpc) is 2.36. The van der Waals surface area contributed by atoms with Crippen LogP contribution in [-0.2, 0) is 19.1 Å². The highest BCUT2D eigenvalue weighted by Gasteiger charge is 2.44. The highest BCUT2D eigenvalue weighted by Crippen LogP contribution is 2.33. The van der Waals surface area contributed by atoms with Crippen molar-refractivity contribution < 1.29 is 19.1 Å². The molecule has 0 aromatic carbocycles. The van der Waals surface area contributed by atoms with Crippen molar-refractivity contribution in [2.75, 3.05) is 6.61 Å². The molecule has 0 amide bonds. The molecule has 17 heavy (non-hydrogen) atoms. The molecule has 1 fully saturated rings. The zero-order valence-corrected chi connectivity index (χ0v) is 10.8. The van der Waals surface area contributed by atoms with Crippen molar-refractivity contribution in [3.8, 4) is 0 Å². The Hall–Kier alpha value is -1.06. The van der Waals surface area contributed by atoms with Crippen LogP contribution in [0.15, 0.2) is 0 Å². The van der Waals surface area contributed by atoms with Gasteiger partial charge in [0.2, 0.25) is 5.60 Å². The average molecular weight is 242 g/mol. The van der Waals surface area contributed by atoms with Crippen LogP contribution in [0.2, 0.25) is 0 Å². The lowest BCUT2D eigenvalue weighted by Gasteiger charge is -2.34. The first kappa shape index (κ1) is 14.0. The van der Waals surface area contributed by atoms with Crippen molar-refractivity contribution >= 4 is 11.9 Å². The maximum Gasteiger partial charge on any atom is 0.350 e. The zero-order chi connectivity index (χ0) is 12.7. The molecule has 1 saturated carbocycles. The molecule has 1 rings (SSSR count). The third kappa shape index (κ3) is 3.72. The molecule has 1 aliphatic carbocycles. The van der Waals surface area contributed by atoms with Gasteiger partial charge < -0.3 is 9.47 Å². The number of ether oxygens (including phenoxy) is 2. The molecule has 0 radical (unpaired) electrons. The van der Waals surface area contributed by atoms with Crippen LogP contribution in [0.3, 0.4) is 0 Å². The molecular formula is C13H22O4. The molecule has 0 aromatic heterocycles. The summed E-state index contributed by atoms with van der Waals surface area (Å²) in [5, 5.41) is 0. The molecule has 4 nitrogen and oxygen atoms in total. The molecule has 1 aliphatic rings. The molecule has 0 aromatic rings. The Morgan fingerprint density at radius 1 is 1.12 bits per heavy atom. The normalized spacial score (nSPS) is 18.5. The number of hydrogen-bond acceptors (Lipinski definition) is 4. The van der Waals surface area contributed by atoms with Crippen LogP contribution in [0.4, 0.5) is 0 Å². The molecule has 0 saturated heterocycles. The van der Waals surface area contributed by atoms with E-state index in [1.54, 1.807) is 6.92 Å². The lowest BCUT2D eigenvalue weighted by molar-refractivity contribution is -0.186. The van der Waals surface area contributed by atoms with Crippen molar-refractivity contribution in [2.24, 2.45) is 0 Å². The highest BCUT2D eigenvalue weighted by molar-refractivity contribution is 5.83.